The minimum atomic E-state index is 0.103. The number of hydrogen-bond acceptors (Lipinski definition) is 4. The molecule has 3 rings (SSSR count). The van der Waals surface area contributed by atoms with Crippen molar-refractivity contribution in [3.63, 3.8) is 0 Å². The van der Waals surface area contributed by atoms with Crippen LogP contribution in [-0.4, -0.2) is 17.1 Å². The van der Waals surface area contributed by atoms with Crippen molar-refractivity contribution >= 4 is 0 Å². The molecule has 2 heterocycles. The maximum Gasteiger partial charge on any atom is 0.157 e. The predicted octanol–water partition coefficient (Wildman–Crippen LogP) is 2.13. The lowest BCUT2D eigenvalue weighted by atomic mass is 10.1. The van der Waals surface area contributed by atoms with Crippen LogP contribution in [0, 0.1) is 5.92 Å². The Kier molecular flexibility index (Phi) is 3.31. The van der Waals surface area contributed by atoms with Crippen molar-refractivity contribution in [2.45, 2.75) is 51.8 Å². The van der Waals surface area contributed by atoms with Gasteiger partial charge >= 0.3 is 0 Å². The Morgan fingerprint density at radius 3 is 2.83 bits per heavy atom. The molecule has 0 radical (unpaired) electrons. The van der Waals surface area contributed by atoms with Crippen LogP contribution in [0.4, 0.5) is 0 Å². The van der Waals surface area contributed by atoms with Crippen LogP contribution in [0.1, 0.15) is 55.1 Å². The number of aryl methyl sites for hydroxylation is 1. The Bertz CT molecular complexity index is 443. The highest BCUT2D eigenvalue weighted by Gasteiger charge is 2.35. The Labute approximate surface area is 108 Å². The number of rotatable bonds is 5. The fourth-order valence-corrected chi connectivity index (χ4v) is 2.74. The van der Waals surface area contributed by atoms with Gasteiger partial charge in [-0.05, 0) is 25.2 Å². The summed E-state index contributed by atoms with van der Waals surface area (Å²) in [7, 11) is 1.78. The second kappa shape index (κ2) is 4.94. The summed E-state index contributed by atoms with van der Waals surface area (Å²) in [4.78, 5) is 9.52. The molecule has 1 N–H and O–H groups in total. The Balaban J connectivity index is 1.96. The Morgan fingerprint density at radius 2 is 2.17 bits per heavy atom. The molecule has 1 saturated carbocycles. The lowest BCUT2D eigenvalue weighted by molar-refractivity contribution is 0.0768. The maximum atomic E-state index is 5.61. The van der Waals surface area contributed by atoms with Crippen molar-refractivity contribution in [3.8, 4) is 0 Å². The Hall–Kier alpha value is -1.00. The van der Waals surface area contributed by atoms with Gasteiger partial charge in [-0.1, -0.05) is 13.3 Å². The molecule has 4 heteroatoms. The summed E-state index contributed by atoms with van der Waals surface area (Å²) in [5.74, 6) is 1.54. The summed E-state index contributed by atoms with van der Waals surface area (Å²) in [5.41, 5.74) is 3.74. The molecule has 1 fully saturated rings. The van der Waals surface area contributed by atoms with Gasteiger partial charge in [-0.3, -0.25) is 0 Å². The van der Waals surface area contributed by atoms with Crippen LogP contribution in [0.15, 0.2) is 0 Å². The molecule has 1 aliphatic carbocycles. The van der Waals surface area contributed by atoms with Gasteiger partial charge in [0.25, 0.3) is 0 Å². The third-order valence-electron chi connectivity index (χ3n) is 3.84. The highest BCUT2D eigenvalue weighted by atomic mass is 16.5. The number of methoxy groups -OCH3 is 1. The first kappa shape index (κ1) is 12.1. The number of nitrogens with zero attached hydrogens (tertiary/aromatic N) is 2. The van der Waals surface area contributed by atoms with E-state index >= 15 is 0 Å². The van der Waals surface area contributed by atoms with Gasteiger partial charge in [0, 0.05) is 31.5 Å². The lowest BCUT2D eigenvalue weighted by Gasteiger charge is -2.16. The molecule has 1 aromatic heterocycles. The van der Waals surface area contributed by atoms with Crippen molar-refractivity contribution in [3.05, 3.63) is 22.8 Å². The van der Waals surface area contributed by atoms with Crippen LogP contribution in [-0.2, 0) is 24.2 Å². The van der Waals surface area contributed by atoms with E-state index in [1.54, 1.807) is 7.11 Å². The van der Waals surface area contributed by atoms with Gasteiger partial charge in [0.15, 0.2) is 5.82 Å². The fourth-order valence-electron chi connectivity index (χ4n) is 2.74. The fraction of sp³-hybridized carbons (Fsp3) is 0.714. The first-order valence-corrected chi connectivity index (χ1v) is 6.95. The van der Waals surface area contributed by atoms with Crippen LogP contribution in [0.5, 0.6) is 0 Å². The van der Waals surface area contributed by atoms with E-state index in [4.69, 9.17) is 14.7 Å². The molecule has 0 spiro atoms. The van der Waals surface area contributed by atoms with Gasteiger partial charge in [-0.25, -0.2) is 9.97 Å². The highest BCUT2D eigenvalue weighted by molar-refractivity contribution is 5.30. The maximum absolute atomic E-state index is 5.61. The first-order valence-electron chi connectivity index (χ1n) is 6.95. The summed E-state index contributed by atoms with van der Waals surface area (Å²) in [6.45, 7) is 4.00. The van der Waals surface area contributed by atoms with Crippen LogP contribution in [0.2, 0.25) is 0 Å². The van der Waals surface area contributed by atoms with E-state index in [0.717, 1.165) is 31.8 Å². The van der Waals surface area contributed by atoms with Crippen molar-refractivity contribution in [2.75, 3.05) is 7.11 Å². The molecule has 0 bridgehead atoms. The average molecular weight is 247 g/mol. The molecule has 0 aromatic carbocycles. The zero-order valence-corrected chi connectivity index (χ0v) is 11.2. The number of fused-ring (bicyclic) bond motifs is 1. The average Bonchev–Trinajstić information content (AvgIpc) is 3.08. The molecule has 0 saturated heterocycles. The first-order chi connectivity index (χ1) is 8.83. The summed E-state index contributed by atoms with van der Waals surface area (Å²) >= 11 is 0. The molecule has 98 valence electrons. The molecular formula is C14H21N3O. The second-order valence-electron chi connectivity index (χ2n) is 5.30. The zero-order valence-electron chi connectivity index (χ0n) is 11.2. The number of hydrogen-bond donors (Lipinski definition) is 1. The quantitative estimate of drug-likeness (QED) is 0.866. The molecule has 1 aliphatic heterocycles. The Morgan fingerprint density at radius 1 is 1.33 bits per heavy atom. The molecule has 4 nitrogen and oxygen atoms in total. The molecule has 2 aliphatic rings. The van der Waals surface area contributed by atoms with E-state index in [1.165, 1.54) is 29.8 Å². The second-order valence-corrected chi connectivity index (χ2v) is 5.30. The van der Waals surface area contributed by atoms with Crippen LogP contribution in [0.3, 0.4) is 0 Å². The number of aromatic nitrogens is 2. The molecule has 18 heavy (non-hydrogen) atoms. The summed E-state index contributed by atoms with van der Waals surface area (Å²) in [6.07, 6.45) is 4.78. The van der Waals surface area contributed by atoms with Crippen molar-refractivity contribution in [2.24, 2.45) is 5.92 Å². The molecule has 0 amide bonds. The SMILES string of the molecule is CCCc1nc(C(OC)C2CC2)nc2c1CNC2. The lowest BCUT2D eigenvalue weighted by Crippen LogP contribution is -2.13. The van der Waals surface area contributed by atoms with E-state index in [1.807, 2.05) is 0 Å². The standard InChI is InChI=1S/C14H21N3O/c1-3-4-11-10-7-15-8-12(10)17-14(16-11)13(18-2)9-5-6-9/h9,13,15H,3-8H2,1-2H3. The van der Waals surface area contributed by atoms with E-state index < -0.39 is 0 Å². The number of ether oxygens (including phenoxy) is 1. The summed E-state index contributed by atoms with van der Waals surface area (Å²) in [5, 5.41) is 3.37. The van der Waals surface area contributed by atoms with Gasteiger partial charge < -0.3 is 10.1 Å². The monoisotopic (exact) mass is 247 g/mol. The van der Waals surface area contributed by atoms with Crippen molar-refractivity contribution in [1.82, 2.24) is 15.3 Å². The number of nitrogens with one attached hydrogen (secondary N) is 1. The topological polar surface area (TPSA) is 47.0 Å². The largest absolute Gasteiger partial charge is 0.373 e. The van der Waals surface area contributed by atoms with Crippen LogP contribution >= 0.6 is 0 Å². The molecular weight excluding hydrogens is 226 g/mol. The highest BCUT2D eigenvalue weighted by Crippen LogP contribution is 2.42. The summed E-state index contributed by atoms with van der Waals surface area (Å²) < 4.78 is 5.61. The minimum absolute atomic E-state index is 0.103. The van der Waals surface area contributed by atoms with E-state index in [0.29, 0.717) is 5.92 Å². The van der Waals surface area contributed by atoms with E-state index in [9.17, 15) is 0 Å². The zero-order chi connectivity index (χ0) is 12.5. The third-order valence-corrected chi connectivity index (χ3v) is 3.84. The van der Waals surface area contributed by atoms with E-state index in [-0.39, 0.29) is 6.10 Å². The van der Waals surface area contributed by atoms with Crippen molar-refractivity contribution < 1.29 is 4.74 Å². The van der Waals surface area contributed by atoms with Crippen LogP contribution < -0.4 is 5.32 Å². The van der Waals surface area contributed by atoms with Gasteiger partial charge in [-0.15, -0.1) is 0 Å². The molecule has 1 aromatic rings. The normalized spacial score (nSPS) is 19.9. The smallest absolute Gasteiger partial charge is 0.157 e. The summed E-state index contributed by atoms with van der Waals surface area (Å²) in [6, 6.07) is 0. The van der Waals surface area contributed by atoms with Crippen LogP contribution in [0.25, 0.3) is 0 Å². The predicted molar refractivity (Wildman–Crippen MR) is 69.0 cm³/mol. The van der Waals surface area contributed by atoms with Gasteiger partial charge in [0.05, 0.1) is 5.69 Å². The third kappa shape index (κ3) is 2.15. The molecule has 1 unspecified atom stereocenters. The van der Waals surface area contributed by atoms with Gasteiger partial charge in [0.1, 0.15) is 6.10 Å². The van der Waals surface area contributed by atoms with Crippen molar-refractivity contribution in [1.29, 1.82) is 0 Å². The van der Waals surface area contributed by atoms with Gasteiger partial charge in [0.2, 0.25) is 0 Å². The minimum Gasteiger partial charge on any atom is -0.373 e. The van der Waals surface area contributed by atoms with Gasteiger partial charge in [-0.2, -0.15) is 0 Å². The molecule has 1 atom stereocenters. The van der Waals surface area contributed by atoms with E-state index in [2.05, 4.69) is 12.2 Å².